The Morgan fingerprint density at radius 3 is 2.35 bits per heavy atom. The van der Waals surface area contributed by atoms with E-state index in [1.807, 2.05) is 24.3 Å². The van der Waals surface area contributed by atoms with E-state index in [4.69, 9.17) is 0 Å². The van der Waals surface area contributed by atoms with Crippen molar-refractivity contribution in [2.45, 2.75) is 0 Å². The Kier molecular flexibility index (Phi) is 5.74. The van der Waals surface area contributed by atoms with Gasteiger partial charge < -0.3 is 5.11 Å². The van der Waals surface area contributed by atoms with Crippen molar-refractivity contribution in [3.63, 3.8) is 0 Å². The van der Waals surface area contributed by atoms with Crippen LogP contribution in [0.15, 0.2) is 55.5 Å². The Morgan fingerprint density at radius 2 is 1.65 bits per heavy atom. The maximum atomic E-state index is 9.86. The molecule has 0 spiro atoms. The summed E-state index contributed by atoms with van der Waals surface area (Å²) >= 11 is 8.87. The van der Waals surface area contributed by atoms with Crippen molar-refractivity contribution in [2.24, 2.45) is 10.2 Å². The van der Waals surface area contributed by atoms with Gasteiger partial charge in [-0.15, -0.1) is 0 Å². The zero-order valence-corrected chi connectivity index (χ0v) is 15.4. The van der Waals surface area contributed by atoms with Crippen LogP contribution in [0.3, 0.4) is 0 Å². The van der Waals surface area contributed by atoms with Crippen LogP contribution in [-0.2, 0) is 0 Å². The first-order valence-corrected chi connectivity index (χ1v) is 8.23. The average molecular weight is 508 g/mol. The molecule has 20 heavy (non-hydrogen) atoms. The smallest absolute Gasteiger partial charge is 0.138 e. The van der Waals surface area contributed by atoms with Crippen LogP contribution in [-0.4, -0.2) is 17.5 Å². The third-order valence-electron chi connectivity index (χ3n) is 2.40. The third kappa shape index (κ3) is 4.39. The highest BCUT2D eigenvalue weighted by Gasteiger charge is 2.04. The molecule has 0 heterocycles. The van der Waals surface area contributed by atoms with E-state index in [1.54, 1.807) is 18.3 Å². The highest BCUT2D eigenvalue weighted by atomic mass is 127. The Labute approximate surface area is 147 Å². The molecule has 0 aliphatic carbocycles. The van der Waals surface area contributed by atoms with Gasteiger partial charge in [0, 0.05) is 13.6 Å². The van der Waals surface area contributed by atoms with E-state index >= 15 is 0 Å². The molecule has 2 rings (SSSR count). The lowest BCUT2D eigenvalue weighted by Crippen LogP contribution is -1.84. The summed E-state index contributed by atoms with van der Waals surface area (Å²) in [5, 5.41) is 17.8. The molecule has 1 N–H and O–H groups in total. The summed E-state index contributed by atoms with van der Waals surface area (Å²) in [5.74, 6) is 0.140. The molecule has 0 atom stereocenters. The molecule has 0 aliphatic heterocycles. The number of hydrogen-bond donors (Lipinski definition) is 1. The van der Waals surface area contributed by atoms with Crippen molar-refractivity contribution in [2.75, 3.05) is 0 Å². The first-order valence-electron chi connectivity index (χ1n) is 5.56. The van der Waals surface area contributed by atoms with Gasteiger partial charge in [-0.25, -0.2) is 0 Å². The summed E-state index contributed by atoms with van der Waals surface area (Å²) < 4.78 is 2.63. The quantitative estimate of drug-likeness (QED) is 0.356. The van der Waals surface area contributed by atoms with E-state index < -0.39 is 0 Å². The van der Waals surface area contributed by atoms with Crippen LogP contribution >= 0.6 is 54.5 Å². The zero-order chi connectivity index (χ0) is 14.5. The lowest BCUT2D eigenvalue weighted by molar-refractivity contribution is 0.471. The normalized spacial score (nSPS) is 11.6. The number of rotatable bonds is 3. The van der Waals surface area contributed by atoms with Gasteiger partial charge in [0.15, 0.2) is 0 Å². The van der Waals surface area contributed by atoms with Gasteiger partial charge in [0.05, 0.1) is 16.9 Å². The minimum Gasteiger partial charge on any atom is -0.506 e. The van der Waals surface area contributed by atoms with Gasteiger partial charge in [-0.3, -0.25) is 0 Å². The van der Waals surface area contributed by atoms with Crippen molar-refractivity contribution in [3.05, 3.63) is 60.0 Å². The van der Waals surface area contributed by atoms with Crippen molar-refractivity contribution in [1.82, 2.24) is 0 Å². The lowest BCUT2D eigenvalue weighted by Gasteiger charge is -2.01. The number of phenolic OH excluding ortho intramolecular Hbond substituents is 1. The molecular formula is C14H9Br2IN2O. The topological polar surface area (TPSA) is 45.0 Å². The third-order valence-corrected chi connectivity index (χ3v) is 4.18. The fourth-order valence-corrected chi connectivity index (χ4v) is 3.05. The maximum absolute atomic E-state index is 9.86. The highest BCUT2D eigenvalue weighted by molar-refractivity contribution is 14.1. The van der Waals surface area contributed by atoms with Gasteiger partial charge in [-0.1, -0.05) is 28.1 Å². The molecule has 0 unspecified atom stereocenters. The molecule has 0 saturated heterocycles. The number of nitrogens with zero attached hydrogens (tertiary/aromatic N) is 2. The second kappa shape index (κ2) is 7.33. The minimum atomic E-state index is 0.140. The Hall–Kier alpha value is -0.730. The van der Waals surface area contributed by atoms with Crippen molar-refractivity contribution < 1.29 is 5.11 Å². The predicted molar refractivity (Wildman–Crippen MR) is 97.9 cm³/mol. The van der Waals surface area contributed by atoms with Gasteiger partial charge in [0.25, 0.3) is 0 Å². The molecule has 6 heteroatoms. The first-order chi connectivity index (χ1) is 9.56. The standard InChI is InChI=1S/C14H9Br2IN2O/c15-11-5-10(14(20)13(16)6-11)8-19-18-7-9-1-3-12(17)4-2-9/h1-8,20H/b18-7+,19-8+. The lowest BCUT2D eigenvalue weighted by atomic mass is 10.2. The molecule has 0 fully saturated rings. The van der Waals surface area contributed by atoms with E-state index in [0.29, 0.717) is 10.0 Å². The van der Waals surface area contributed by atoms with Crippen LogP contribution in [0.1, 0.15) is 11.1 Å². The predicted octanol–water partition coefficient (Wildman–Crippen LogP) is 4.97. The Balaban J connectivity index is 2.12. The van der Waals surface area contributed by atoms with Crippen LogP contribution in [0.4, 0.5) is 0 Å². The largest absolute Gasteiger partial charge is 0.506 e. The molecule has 0 aromatic heterocycles. The fourth-order valence-electron chi connectivity index (χ4n) is 1.43. The summed E-state index contributed by atoms with van der Waals surface area (Å²) in [5.41, 5.74) is 1.56. The van der Waals surface area contributed by atoms with Gasteiger partial charge >= 0.3 is 0 Å². The molecule has 102 valence electrons. The van der Waals surface area contributed by atoms with E-state index in [1.165, 1.54) is 9.78 Å². The molecule has 2 aromatic carbocycles. The molecule has 0 radical (unpaired) electrons. The Morgan fingerprint density at radius 1 is 1.00 bits per heavy atom. The van der Waals surface area contributed by atoms with Crippen LogP contribution in [0, 0.1) is 3.57 Å². The van der Waals surface area contributed by atoms with Crippen molar-refractivity contribution in [3.8, 4) is 5.75 Å². The van der Waals surface area contributed by atoms with Crippen molar-refractivity contribution in [1.29, 1.82) is 0 Å². The molecule has 3 nitrogen and oxygen atoms in total. The molecule has 0 aliphatic rings. The van der Waals surface area contributed by atoms with Gasteiger partial charge in [0.1, 0.15) is 5.75 Å². The molecular weight excluding hydrogens is 499 g/mol. The van der Waals surface area contributed by atoms with E-state index in [9.17, 15) is 5.11 Å². The summed E-state index contributed by atoms with van der Waals surface area (Å²) in [6.45, 7) is 0. The fraction of sp³-hybridized carbons (Fsp3) is 0. The second-order valence-corrected chi connectivity index (χ2v) is 6.88. The molecule has 0 bridgehead atoms. The van der Waals surface area contributed by atoms with Gasteiger partial charge in [0.2, 0.25) is 0 Å². The van der Waals surface area contributed by atoms with Crippen LogP contribution < -0.4 is 0 Å². The number of phenols is 1. The number of hydrogen-bond acceptors (Lipinski definition) is 3. The average Bonchev–Trinajstić information content (AvgIpc) is 2.42. The summed E-state index contributed by atoms with van der Waals surface area (Å²) in [4.78, 5) is 0. The maximum Gasteiger partial charge on any atom is 0.138 e. The molecule has 0 saturated carbocycles. The van der Waals surface area contributed by atoms with Gasteiger partial charge in [-0.05, 0) is 68.3 Å². The summed E-state index contributed by atoms with van der Waals surface area (Å²) in [6, 6.07) is 11.5. The minimum absolute atomic E-state index is 0.140. The van der Waals surface area contributed by atoms with Gasteiger partial charge in [-0.2, -0.15) is 10.2 Å². The Bertz CT molecular complexity index is 670. The van der Waals surface area contributed by atoms with Crippen LogP contribution in [0.5, 0.6) is 5.75 Å². The number of halogens is 3. The van der Waals surface area contributed by atoms with E-state index in [0.717, 1.165) is 10.0 Å². The number of benzene rings is 2. The summed E-state index contributed by atoms with van der Waals surface area (Å²) in [6.07, 6.45) is 3.17. The highest BCUT2D eigenvalue weighted by Crippen LogP contribution is 2.30. The first kappa shape index (κ1) is 15.7. The SMILES string of the molecule is Oc1c(Br)cc(Br)cc1/C=N/N=C/c1ccc(I)cc1. The monoisotopic (exact) mass is 506 g/mol. The van der Waals surface area contributed by atoms with E-state index in [2.05, 4.69) is 64.7 Å². The van der Waals surface area contributed by atoms with E-state index in [-0.39, 0.29) is 5.75 Å². The number of aromatic hydroxyl groups is 1. The molecule has 0 amide bonds. The second-order valence-electron chi connectivity index (χ2n) is 3.87. The van der Waals surface area contributed by atoms with Crippen molar-refractivity contribution >= 4 is 66.9 Å². The summed E-state index contributed by atoms with van der Waals surface area (Å²) in [7, 11) is 0. The molecule has 2 aromatic rings. The zero-order valence-electron chi connectivity index (χ0n) is 10.1. The van der Waals surface area contributed by atoms with Crippen LogP contribution in [0.2, 0.25) is 0 Å². The van der Waals surface area contributed by atoms with Crippen LogP contribution in [0.25, 0.3) is 0 Å².